The minimum Gasteiger partial charge on any atom is -0.297 e. The summed E-state index contributed by atoms with van der Waals surface area (Å²) in [6.07, 6.45) is 9.36. The SMILES string of the molecule is C=CCN1CCN([C@@H](CCC)c2nnnn2C2CCCC2)CC1. The quantitative estimate of drug-likeness (QED) is 0.723. The van der Waals surface area contributed by atoms with Crippen molar-refractivity contribution in [1.29, 1.82) is 0 Å². The Bertz CT molecular complexity index is 485. The number of nitrogens with zero attached hydrogens (tertiary/aromatic N) is 6. The summed E-state index contributed by atoms with van der Waals surface area (Å²) in [5.41, 5.74) is 0. The van der Waals surface area contributed by atoms with Crippen LogP contribution < -0.4 is 0 Å². The topological polar surface area (TPSA) is 50.1 Å². The second-order valence-corrected chi connectivity index (χ2v) is 6.85. The molecule has 0 N–H and O–H groups in total. The molecule has 0 radical (unpaired) electrons. The Labute approximate surface area is 139 Å². The Hall–Kier alpha value is -1.27. The minimum atomic E-state index is 0.362. The normalized spacial score (nSPS) is 22.5. The zero-order valence-corrected chi connectivity index (χ0v) is 14.4. The van der Waals surface area contributed by atoms with Crippen LogP contribution >= 0.6 is 0 Å². The van der Waals surface area contributed by atoms with Crippen LogP contribution in [0.25, 0.3) is 0 Å². The molecule has 1 aliphatic heterocycles. The van der Waals surface area contributed by atoms with Gasteiger partial charge in [0.05, 0.1) is 12.1 Å². The van der Waals surface area contributed by atoms with Gasteiger partial charge in [-0.25, -0.2) is 4.68 Å². The lowest BCUT2D eigenvalue weighted by Crippen LogP contribution is -2.48. The summed E-state index contributed by atoms with van der Waals surface area (Å²) in [5, 5.41) is 12.8. The largest absolute Gasteiger partial charge is 0.297 e. The van der Waals surface area contributed by atoms with Crippen LogP contribution in [0.5, 0.6) is 0 Å². The summed E-state index contributed by atoms with van der Waals surface area (Å²) in [4.78, 5) is 5.05. The lowest BCUT2D eigenvalue weighted by Gasteiger charge is -2.38. The zero-order valence-electron chi connectivity index (χ0n) is 14.4. The molecule has 1 aromatic rings. The fourth-order valence-electron chi connectivity index (χ4n) is 4.02. The van der Waals surface area contributed by atoms with E-state index in [1.54, 1.807) is 0 Å². The van der Waals surface area contributed by atoms with E-state index in [0.29, 0.717) is 12.1 Å². The average molecular weight is 318 g/mol. The monoisotopic (exact) mass is 318 g/mol. The molecule has 1 saturated heterocycles. The maximum absolute atomic E-state index is 4.44. The molecular weight excluding hydrogens is 288 g/mol. The molecule has 0 bridgehead atoms. The molecule has 0 amide bonds. The van der Waals surface area contributed by atoms with Gasteiger partial charge in [0, 0.05) is 32.7 Å². The first-order chi connectivity index (χ1) is 11.3. The first-order valence-electron chi connectivity index (χ1n) is 9.18. The summed E-state index contributed by atoms with van der Waals surface area (Å²) in [5.74, 6) is 1.09. The predicted octanol–water partition coefficient (Wildman–Crippen LogP) is 2.43. The van der Waals surface area contributed by atoms with Gasteiger partial charge in [-0.05, 0) is 29.7 Å². The van der Waals surface area contributed by atoms with Gasteiger partial charge in [-0.15, -0.1) is 11.7 Å². The van der Waals surface area contributed by atoms with Gasteiger partial charge in [0.25, 0.3) is 0 Å². The smallest absolute Gasteiger partial charge is 0.168 e. The molecule has 6 nitrogen and oxygen atoms in total. The van der Waals surface area contributed by atoms with Crippen LogP contribution in [0.15, 0.2) is 12.7 Å². The van der Waals surface area contributed by atoms with Crippen molar-refractivity contribution in [3.63, 3.8) is 0 Å². The number of hydrogen-bond acceptors (Lipinski definition) is 5. The van der Waals surface area contributed by atoms with Gasteiger partial charge in [-0.1, -0.05) is 32.3 Å². The number of tetrazole rings is 1. The molecular formula is C17H30N6. The molecule has 128 valence electrons. The van der Waals surface area contributed by atoms with Crippen molar-refractivity contribution in [2.45, 2.75) is 57.5 Å². The van der Waals surface area contributed by atoms with Gasteiger partial charge in [0.2, 0.25) is 0 Å². The van der Waals surface area contributed by atoms with E-state index in [4.69, 9.17) is 0 Å². The van der Waals surface area contributed by atoms with Gasteiger partial charge in [0.15, 0.2) is 5.82 Å². The Kier molecular flexibility index (Phi) is 5.78. The summed E-state index contributed by atoms with van der Waals surface area (Å²) in [7, 11) is 0. The molecule has 1 aromatic heterocycles. The van der Waals surface area contributed by atoms with E-state index < -0.39 is 0 Å². The summed E-state index contributed by atoms with van der Waals surface area (Å²) in [6.45, 7) is 11.5. The molecule has 1 atom stereocenters. The highest BCUT2D eigenvalue weighted by Crippen LogP contribution is 2.33. The van der Waals surface area contributed by atoms with Crippen molar-refractivity contribution < 1.29 is 0 Å². The average Bonchev–Trinajstić information content (AvgIpc) is 3.25. The van der Waals surface area contributed by atoms with Crippen molar-refractivity contribution in [3.8, 4) is 0 Å². The molecule has 2 fully saturated rings. The molecule has 0 aromatic carbocycles. The van der Waals surface area contributed by atoms with E-state index in [9.17, 15) is 0 Å². The minimum absolute atomic E-state index is 0.362. The van der Waals surface area contributed by atoms with Gasteiger partial charge in [-0.3, -0.25) is 9.80 Å². The predicted molar refractivity (Wildman–Crippen MR) is 91.2 cm³/mol. The van der Waals surface area contributed by atoms with Gasteiger partial charge >= 0.3 is 0 Å². The molecule has 2 aliphatic rings. The molecule has 23 heavy (non-hydrogen) atoms. The molecule has 0 unspecified atom stereocenters. The van der Waals surface area contributed by atoms with Gasteiger partial charge in [-0.2, -0.15) is 0 Å². The van der Waals surface area contributed by atoms with Crippen molar-refractivity contribution in [1.82, 2.24) is 30.0 Å². The fourth-order valence-corrected chi connectivity index (χ4v) is 4.02. The van der Waals surface area contributed by atoms with Crippen LogP contribution in [0.2, 0.25) is 0 Å². The van der Waals surface area contributed by atoms with Crippen LogP contribution in [0, 0.1) is 0 Å². The zero-order chi connectivity index (χ0) is 16.1. The summed E-state index contributed by atoms with van der Waals surface area (Å²) < 4.78 is 2.14. The van der Waals surface area contributed by atoms with E-state index >= 15 is 0 Å². The summed E-state index contributed by atoms with van der Waals surface area (Å²) >= 11 is 0. The van der Waals surface area contributed by atoms with Crippen molar-refractivity contribution in [2.24, 2.45) is 0 Å². The van der Waals surface area contributed by atoms with E-state index in [1.165, 1.54) is 25.7 Å². The van der Waals surface area contributed by atoms with Crippen LogP contribution in [-0.2, 0) is 0 Å². The van der Waals surface area contributed by atoms with Gasteiger partial charge in [0.1, 0.15) is 0 Å². The van der Waals surface area contributed by atoms with E-state index in [-0.39, 0.29) is 0 Å². The second-order valence-electron chi connectivity index (χ2n) is 6.85. The van der Waals surface area contributed by atoms with Crippen molar-refractivity contribution >= 4 is 0 Å². The van der Waals surface area contributed by atoms with Crippen LogP contribution in [0.1, 0.15) is 63.4 Å². The Balaban J connectivity index is 1.72. The maximum Gasteiger partial charge on any atom is 0.168 e. The molecule has 0 spiro atoms. The standard InChI is InChI=1S/C17H30N6/c1-3-7-16(22-13-11-21(10-4-2)12-14-22)17-18-19-20-23(17)15-8-5-6-9-15/h4,15-16H,2-3,5-14H2,1H3/t16-/m0/s1. The van der Waals surface area contributed by atoms with Crippen LogP contribution in [0.3, 0.4) is 0 Å². The Morgan fingerprint density at radius 1 is 1.22 bits per heavy atom. The Morgan fingerprint density at radius 3 is 2.61 bits per heavy atom. The second kappa shape index (κ2) is 8.02. The molecule has 3 rings (SSSR count). The number of hydrogen-bond donors (Lipinski definition) is 0. The third-order valence-electron chi connectivity index (χ3n) is 5.28. The lowest BCUT2D eigenvalue weighted by atomic mass is 10.1. The molecule has 6 heteroatoms. The molecule has 2 heterocycles. The van der Waals surface area contributed by atoms with Crippen molar-refractivity contribution in [3.05, 3.63) is 18.5 Å². The first kappa shape index (κ1) is 16.6. The first-order valence-corrected chi connectivity index (χ1v) is 9.18. The van der Waals surface area contributed by atoms with E-state index in [2.05, 4.69) is 43.5 Å². The highest BCUT2D eigenvalue weighted by molar-refractivity contribution is 4.97. The van der Waals surface area contributed by atoms with Gasteiger partial charge < -0.3 is 0 Å². The third-order valence-corrected chi connectivity index (χ3v) is 5.28. The Morgan fingerprint density at radius 2 is 1.96 bits per heavy atom. The molecule has 1 saturated carbocycles. The highest BCUT2D eigenvalue weighted by atomic mass is 15.6. The van der Waals surface area contributed by atoms with Crippen molar-refractivity contribution in [2.75, 3.05) is 32.7 Å². The highest BCUT2D eigenvalue weighted by Gasteiger charge is 2.31. The maximum atomic E-state index is 4.44. The van der Waals surface area contributed by atoms with E-state index in [1.807, 2.05) is 6.08 Å². The van der Waals surface area contributed by atoms with E-state index in [0.717, 1.165) is 51.4 Å². The number of piperazine rings is 1. The lowest BCUT2D eigenvalue weighted by molar-refractivity contribution is 0.0910. The number of rotatable bonds is 7. The fraction of sp³-hybridized carbons (Fsp3) is 0.824. The third kappa shape index (κ3) is 3.80. The summed E-state index contributed by atoms with van der Waals surface area (Å²) in [6, 6.07) is 0.878. The number of aromatic nitrogens is 4. The van der Waals surface area contributed by atoms with Crippen LogP contribution in [0.4, 0.5) is 0 Å². The molecule has 1 aliphatic carbocycles. The van der Waals surface area contributed by atoms with Crippen LogP contribution in [-0.4, -0.2) is 62.7 Å².